The van der Waals surface area contributed by atoms with E-state index in [4.69, 9.17) is 9.47 Å². The largest absolute Gasteiger partial charge is 0.402 e. The number of hydrogen-bond acceptors (Lipinski definition) is 6. The molecule has 0 aliphatic carbocycles. The number of benzene rings is 2. The van der Waals surface area contributed by atoms with Gasteiger partial charge in [-0.3, -0.25) is 0 Å². The molecule has 6 heteroatoms. The highest BCUT2D eigenvalue weighted by molar-refractivity contribution is 5.91. The summed E-state index contributed by atoms with van der Waals surface area (Å²) in [7, 11) is 0. The number of aryl methyl sites for hydroxylation is 4. The first-order chi connectivity index (χ1) is 13.3. The Kier molecular flexibility index (Phi) is 5.49. The van der Waals surface area contributed by atoms with Gasteiger partial charge in [-0.1, -0.05) is 12.1 Å². The van der Waals surface area contributed by atoms with E-state index < -0.39 is 11.9 Å². The average molecular weight is 376 g/mol. The maximum absolute atomic E-state index is 12.2. The quantitative estimate of drug-likeness (QED) is 0.637. The van der Waals surface area contributed by atoms with Crippen molar-refractivity contribution in [3.8, 4) is 11.8 Å². The number of nitrogens with zero attached hydrogens (tertiary/aromatic N) is 2. The summed E-state index contributed by atoms with van der Waals surface area (Å²) in [5, 5.41) is 7.58. The zero-order valence-corrected chi connectivity index (χ0v) is 16.1. The molecule has 0 saturated heterocycles. The smallest absolute Gasteiger partial charge is 0.344 e. The van der Waals surface area contributed by atoms with Crippen LogP contribution < -0.4 is 9.47 Å². The Balaban J connectivity index is 1.65. The maximum atomic E-state index is 12.2. The fraction of sp³-hybridized carbons (Fsp3) is 0.182. The molecule has 0 spiro atoms. The molecule has 28 heavy (non-hydrogen) atoms. The van der Waals surface area contributed by atoms with Gasteiger partial charge in [0.05, 0.1) is 11.1 Å². The molecule has 0 saturated carbocycles. The van der Waals surface area contributed by atoms with Crippen LogP contribution in [-0.2, 0) is 0 Å². The van der Waals surface area contributed by atoms with E-state index in [1.807, 2.05) is 39.8 Å². The first-order valence-corrected chi connectivity index (χ1v) is 8.76. The van der Waals surface area contributed by atoms with Crippen LogP contribution >= 0.6 is 0 Å². The highest BCUT2D eigenvalue weighted by Gasteiger charge is 2.13. The fourth-order valence-electron chi connectivity index (χ4n) is 2.46. The first-order valence-electron chi connectivity index (χ1n) is 8.76. The van der Waals surface area contributed by atoms with Crippen LogP contribution in [0.5, 0.6) is 11.8 Å². The lowest BCUT2D eigenvalue weighted by Crippen LogP contribution is -2.12. The molecule has 0 bridgehead atoms. The topological polar surface area (TPSA) is 78.4 Å². The third-order valence-electron chi connectivity index (χ3n) is 4.50. The number of esters is 2. The van der Waals surface area contributed by atoms with Crippen LogP contribution in [0.3, 0.4) is 0 Å². The second-order valence-electron chi connectivity index (χ2n) is 6.59. The van der Waals surface area contributed by atoms with Crippen molar-refractivity contribution in [3.63, 3.8) is 0 Å². The van der Waals surface area contributed by atoms with Crippen LogP contribution in [0.25, 0.3) is 0 Å². The lowest BCUT2D eigenvalue weighted by atomic mass is 10.1. The van der Waals surface area contributed by atoms with Crippen molar-refractivity contribution in [3.05, 3.63) is 81.9 Å². The van der Waals surface area contributed by atoms with E-state index in [9.17, 15) is 9.59 Å². The summed E-state index contributed by atoms with van der Waals surface area (Å²) in [6.45, 7) is 7.77. The summed E-state index contributed by atoms with van der Waals surface area (Å²) in [6, 6.07) is 13.5. The number of rotatable bonds is 4. The van der Waals surface area contributed by atoms with Crippen LogP contribution in [-0.4, -0.2) is 22.1 Å². The van der Waals surface area contributed by atoms with E-state index in [-0.39, 0.29) is 11.8 Å². The Morgan fingerprint density at radius 2 is 1.00 bits per heavy atom. The minimum Gasteiger partial charge on any atom is -0.402 e. The molecule has 3 rings (SSSR count). The van der Waals surface area contributed by atoms with Crippen molar-refractivity contribution in [1.82, 2.24) is 10.2 Å². The summed E-state index contributed by atoms with van der Waals surface area (Å²) >= 11 is 0. The number of carbonyl (C=O) groups is 2. The van der Waals surface area contributed by atoms with Crippen molar-refractivity contribution in [2.24, 2.45) is 0 Å². The number of aromatic nitrogens is 2. The Morgan fingerprint density at radius 3 is 1.32 bits per heavy atom. The Hall–Kier alpha value is -3.54. The second-order valence-corrected chi connectivity index (χ2v) is 6.59. The number of ether oxygens (including phenoxy) is 2. The van der Waals surface area contributed by atoms with Gasteiger partial charge in [0.1, 0.15) is 0 Å². The van der Waals surface area contributed by atoms with E-state index in [0.29, 0.717) is 11.1 Å². The lowest BCUT2D eigenvalue weighted by molar-refractivity contribution is 0.0704. The highest BCUT2D eigenvalue weighted by Crippen LogP contribution is 2.16. The average Bonchev–Trinajstić information content (AvgIpc) is 2.67. The fourth-order valence-corrected chi connectivity index (χ4v) is 2.46. The predicted molar refractivity (Wildman–Crippen MR) is 104 cm³/mol. The molecular weight excluding hydrogens is 356 g/mol. The molecule has 0 fully saturated rings. The monoisotopic (exact) mass is 376 g/mol. The lowest BCUT2D eigenvalue weighted by Gasteiger charge is -2.07. The van der Waals surface area contributed by atoms with E-state index >= 15 is 0 Å². The van der Waals surface area contributed by atoms with Crippen LogP contribution in [0.1, 0.15) is 43.0 Å². The van der Waals surface area contributed by atoms with Crippen molar-refractivity contribution >= 4 is 11.9 Å². The van der Waals surface area contributed by atoms with Gasteiger partial charge >= 0.3 is 11.9 Å². The van der Waals surface area contributed by atoms with Crippen LogP contribution in [0.4, 0.5) is 0 Å². The van der Waals surface area contributed by atoms with Crippen LogP contribution in [0.15, 0.2) is 48.5 Å². The minimum atomic E-state index is -0.530. The molecule has 0 N–H and O–H groups in total. The molecule has 0 radical (unpaired) electrons. The van der Waals surface area contributed by atoms with E-state index in [0.717, 1.165) is 22.3 Å². The molecule has 1 aromatic heterocycles. The van der Waals surface area contributed by atoms with Gasteiger partial charge in [-0.25, -0.2) is 9.59 Å². The molecule has 0 aliphatic rings. The van der Waals surface area contributed by atoms with Gasteiger partial charge in [-0.05, 0) is 74.2 Å². The number of hydrogen-bond donors (Lipinski definition) is 0. The molecule has 1 heterocycles. The van der Waals surface area contributed by atoms with Crippen molar-refractivity contribution < 1.29 is 19.1 Å². The highest BCUT2D eigenvalue weighted by atomic mass is 16.6. The standard InChI is InChI=1S/C22H20N2O4/c1-13-5-7-17(11-15(13)3)21(25)27-19-9-10-20(24-23-19)28-22(26)18-8-6-14(2)16(4)12-18/h5-12H,1-4H3. The van der Waals surface area contributed by atoms with Crippen LogP contribution in [0, 0.1) is 27.7 Å². The molecule has 0 amide bonds. The zero-order chi connectivity index (χ0) is 20.3. The van der Waals surface area contributed by atoms with Crippen molar-refractivity contribution in [2.45, 2.75) is 27.7 Å². The summed E-state index contributed by atoms with van der Waals surface area (Å²) in [5.41, 5.74) is 5.02. The third-order valence-corrected chi connectivity index (χ3v) is 4.50. The third kappa shape index (κ3) is 4.40. The zero-order valence-electron chi connectivity index (χ0n) is 16.1. The summed E-state index contributed by atoms with van der Waals surface area (Å²) in [4.78, 5) is 24.4. The molecule has 0 unspecified atom stereocenters. The normalized spacial score (nSPS) is 10.4. The SMILES string of the molecule is Cc1ccc(C(=O)Oc2ccc(OC(=O)c3ccc(C)c(C)c3)nn2)cc1C. The maximum Gasteiger partial charge on any atom is 0.344 e. The minimum absolute atomic E-state index is 0.0224. The molecule has 6 nitrogen and oxygen atoms in total. The van der Waals surface area contributed by atoms with E-state index in [2.05, 4.69) is 10.2 Å². The molecular formula is C22H20N2O4. The van der Waals surface area contributed by atoms with Gasteiger partial charge in [0.15, 0.2) is 0 Å². The molecule has 3 aromatic rings. The van der Waals surface area contributed by atoms with Gasteiger partial charge in [0.2, 0.25) is 11.8 Å². The Bertz CT molecular complexity index is 958. The number of carbonyl (C=O) groups excluding carboxylic acids is 2. The first kappa shape index (κ1) is 19.2. The molecule has 0 atom stereocenters. The Morgan fingerprint density at radius 1 is 0.607 bits per heavy atom. The summed E-state index contributed by atoms with van der Waals surface area (Å²) in [6.07, 6.45) is 0. The molecule has 2 aromatic carbocycles. The molecule has 0 aliphatic heterocycles. The van der Waals surface area contributed by atoms with E-state index in [1.54, 1.807) is 24.3 Å². The molecule has 142 valence electrons. The van der Waals surface area contributed by atoms with Crippen molar-refractivity contribution in [2.75, 3.05) is 0 Å². The summed E-state index contributed by atoms with van der Waals surface area (Å²) < 4.78 is 10.4. The predicted octanol–water partition coefficient (Wildman–Crippen LogP) is 4.15. The van der Waals surface area contributed by atoms with Gasteiger partial charge in [0.25, 0.3) is 0 Å². The second kappa shape index (κ2) is 8.00. The Labute approximate surface area is 163 Å². The van der Waals surface area contributed by atoms with Crippen LogP contribution in [0.2, 0.25) is 0 Å². The van der Waals surface area contributed by atoms with E-state index in [1.165, 1.54) is 12.1 Å². The van der Waals surface area contributed by atoms with Gasteiger partial charge in [0, 0.05) is 12.1 Å². The summed E-state index contributed by atoms with van der Waals surface area (Å²) in [5.74, 6) is -1.02. The van der Waals surface area contributed by atoms with Gasteiger partial charge in [-0.2, -0.15) is 0 Å². The van der Waals surface area contributed by atoms with Gasteiger partial charge in [-0.15, -0.1) is 10.2 Å². The van der Waals surface area contributed by atoms with Crippen molar-refractivity contribution in [1.29, 1.82) is 0 Å². The van der Waals surface area contributed by atoms with Gasteiger partial charge < -0.3 is 9.47 Å².